The van der Waals surface area contributed by atoms with E-state index < -0.39 is 0 Å². The molecule has 134 valence electrons. The summed E-state index contributed by atoms with van der Waals surface area (Å²) in [5, 5.41) is 28.3. The van der Waals surface area contributed by atoms with Crippen molar-refractivity contribution >= 4 is 22.9 Å². The summed E-state index contributed by atoms with van der Waals surface area (Å²) in [6, 6.07) is 9.26. The Bertz CT molecular complexity index is 785. The van der Waals surface area contributed by atoms with Gasteiger partial charge in [-0.15, -0.1) is 10.2 Å². The van der Waals surface area contributed by atoms with E-state index in [4.69, 9.17) is 5.26 Å². The Balaban J connectivity index is 1.53. The van der Waals surface area contributed by atoms with Crippen LogP contribution < -0.4 is 10.6 Å². The van der Waals surface area contributed by atoms with Crippen molar-refractivity contribution in [2.45, 2.75) is 19.3 Å². The standard InChI is InChI=1S/C17H20N8O/c18-10-13(17-21-23-24-22-17)11-19-14-4-6-15(7-5-14)20-16(26)12-25-8-2-1-3-9-25/h4-7,11,19H,1-3,8-9,12H2,(H,20,26)(H,21,22,23,24). The number of aromatic amines is 1. The first-order valence-electron chi connectivity index (χ1n) is 8.47. The highest BCUT2D eigenvalue weighted by Crippen LogP contribution is 2.15. The third-order valence-electron chi connectivity index (χ3n) is 4.07. The predicted octanol–water partition coefficient (Wildman–Crippen LogP) is 1.60. The summed E-state index contributed by atoms with van der Waals surface area (Å²) in [5.74, 6) is 0.220. The van der Waals surface area contributed by atoms with Gasteiger partial charge in [0.1, 0.15) is 11.6 Å². The molecule has 0 aliphatic carbocycles. The molecule has 1 aromatic carbocycles. The highest BCUT2D eigenvalue weighted by Gasteiger charge is 2.13. The second kappa shape index (κ2) is 8.73. The van der Waals surface area contributed by atoms with E-state index >= 15 is 0 Å². The minimum atomic E-state index is -0.00335. The van der Waals surface area contributed by atoms with Gasteiger partial charge in [0.15, 0.2) is 0 Å². The van der Waals surface area contributed by atoms with Gasteiger partial charge in [-0.3, -0.25) is 9.69 Å². The number of likely N-dealkylation sites (tertiary alicyclic amines) is 1. The first-order chi connectivity index (χ1) is 12.7. The van der Waals surface area contributed by atoms with E-state index in [9.17, 15) is 4.79 Å². The van der Waals surface area contributed by atoms with Crippen LogP contribution in [0.1, 0.15) is 25.1 Å². The van der Waals surface area contributed by atoms with Gasteiger partial charge < -0.3 is 10.6 Å². The number of tetrazole rings is 1. The van der Waals surface area contributed by atoms with Crippen LogP contribution in [0.4, 0.5) is 11.4 Å². The Morgan fingerprint density at radius 2 is 1.96 bits per heavy atom. The highest BCUT2D eigenvalue weighted by molar-refractivity contribution is 5.92. The third kappa shape index (κ3) is 4.87. The van der Waals surface area contributed by atoms with Crippen LogP contribution in [0.15, 0.2) is 30.5 Å². The quantitative estimate of drug-likeness (QED) is 0.675. The second-order valence-corrected chi connectivity index (χ2v) is 6.01. The third-order valence-corrected chi connectivity index (χ3v) is 4.07. The van der Waals surface area contributed by atoms with Crippen LogP contribution >= 0.6 is 0 Å². The van der Waals surface area contributed by atoms with Crippen molar-refractivity contribution in [2.24, 2.45) is 0 Å². The topological polar surface area (TPSA) is 123 Å². The van der Waals surface area contributed by atoms with E-state index in [1.807, 2.05) is 30.3 Å². The number of amides is 1. The second-order valence-electron chi connectivity index (χ2n) is 6.01. The molecule has 1 aliphatic heterocycles. The molecule has 2 heterocycles. The van der Waals surface area contributed by atoms with Gasteiger partial charge in [0.2, 0.25) is 11.7 Å². The van der Waals surface area contributed by atoms with E-state index in [-0.39, 0.29) is 17.3 Å². The molecule has 26 heavy (non-hydrogen) atoms. The van der Waals surface area contributed by atoms with Crippen LogP contribution in [0.3, 0.4) is 0 Å². The molecule has 0 bridgehead atoms. The molecule has 2 aromatic rings. The van der Waals surface area contributed by atoms with Crippen LogP contribution in [0.25, 0.3) is 5.57 Å². The predicted molar refractivity (Wildman–Crippen MR) is 96.8 cm³/mol. The lowest BCUT2D eigenvalue weighted by molar-refractivity contribution is -0.117. The Labute approximate surface area is 151 Å². The Hall–Kier alpha value is -3.25. The number of hydrogen-bond acceptors (Lipinski definition) is 7. The van der Waals surface area contributed by atoms with E-state index in [1.165, 1.54) is 12.6 Å². The molecule has 1 fully saturated rings. The van der Waals surface area contributed by atoms with Gasteiger partial charge in [-0.1, -0.05) is 6.42 Å². The molecule has 3 rings (SSSR count). The number of allylic oxidation sites excluding steroid dienone is 1. The molecule has 0 atom stereocenters. The smallest absolute Gasteiger partial charge is 0.238 e. The lowest BCUT2D eigenvalue weighted by Gasteiger charge is -2.25. The number of hydrogen-bond donors (Lipinski definition) is 3. The molecule has 0 unspecified atom stereocenters. The first-order valence-corrected chi connectivity index (χ1v) is 8.47. The molecule has 0 saturated carbocycles. The molecular weight excluding hydrogens is 332 g/mol. The summed E-state index contributed by atoms with van der Waals surface area (Å²) in [7, 11) is 0. The number of rotatable bonds is 6. The van der Waals surface area contributed by atoms with Crippen LogP contribution in [0.2, 0.25) is 0 Å². The van der Waals surface area contributed by atoms with E-state index in [0.717, 1.165) is 37.3 Å². The van der Waals surface area contributed by atoms with Gasteiger partial charge in [0, 0.05) is 17.6 Å². The Kier molecular flexibility index (Phi) is 5.90. The van der Waals surface area contributed by atoms with Gasteiger partial charge in [-0.25, -0.2) is 0 Å². The number of H-pyrrole nitrogens is 1. The highest BCUT2D eigenvalue weighted by atomic mass is 16.2. The average molecular weight is 352 g/mol. The summed E-state index contributed by atoms with van der Waals surface area (Å²) in [4.78, 5) is 14.3. The van der Waals surface area contributed by atoms with E-state index in [0.29, 0.717) is 6.54 Å². The fraction of sp³-hybridized carbons (Fsp3) is 0.353. The SMILES string of the molecule is N#CC(=CNc1ccc(NC(=O)CN2CCCCC2)cc1)c1nn[nH]n1. The Morgan fingerprint density at radius 1 is 1.23 bits per heavy atom. The first kappa shape index (κ1) is 17.6. The minimum absolute atomic E-state index is 0.00335. The van der Waals surface area contributed by atoms with Crippen molar-refractivity contribution in [1.29, 1.82) is 5.26 Å². The molecule has 0 radical (unpaired) electrons. The maximum absolute atomic E-state index is 12.1. The lowest BCUT2D eigenvalue weighted by atomic mass is 10.1. The summed E-state index contributed by atoms with van der Waals surface area (Å²) in [6.07, 6.45) is 5.08. The lowest BCUT2D eigenvalue weighted by Crippen LogP contribution is -2.36. The fourth-order valence-corrected chi connectivity index (χ4v) is 2.75. The Morgan fingerprint density at radius 3 is 2.62 bits per heavy atom. The van der Waals surface area contributed by atoms with Crippen LogP contribution in [0.5, 0.6) is 0 Å². The summed E-state index contributed by atoms with van der Waals surface area (Å²) in [6.45, 7) is 2.41. The van der Waals surface area contributed by atoms with Crippen molar-refractivity contribution in [3.8, 4) is 6.07 Å². The molecule has 0 spiro atoms. The summed E-state index contributed by atoms with van der Waals surface area (Å²) in [5.41, 5.74) is 1.77. The number of carbonyl (C=O) groups is 1. The van der Waals surface area contributed by atoms with Crippen molar-refractivity contribution in [2.75, 3.05) is 30.3 Å². The number of aromatic nitrogens is 4. The minimum Gasteiger partial charge on any atom is -0.360 e. The number of anilines is 2. The normalized spacial score (nSPS) is 15.3. The molecule has 1 amide bonds. The van der Waals surface area contributed by atoms with Crippen LogP contribution in [-0.4, -0.2) is 51.1 Å². The zero-order valence-electron chi connectivity index (χ0n) is 14.3. The van der Waals surface area contributed by atoms with E-state index in [1.54, 1.807) is 0 Å². The van der Waals surface area contributed by atoms with Crippen molar-refractivity contribution in [1.82, 2.24) is 25.5 Å². The van der Waals surface area contributed by atoms with Gasteiger partial charge in [0.25, 0.3) is 0 Å². The monoisotopic (exact) mass is 352 g/mol. The summed E-state index contributed by atoms with van der Waals surface area (Å²) >= 11 is 0. The largest absolute Gasteiger partial charge is 0.360 e. The summed E-state index contributed by atoms with van der Waals surface area (Å²) < 4.78 is 0. The fourth-order valence-electron chi connectivity index (χ4n) is 2.75. The average Bonchev–Trinajstić information content (AvgIpc) is 3.19. The maximum Gasteiger partial charge on any atom is 0.238 e. The number of nitrogens with zero attached hydrogens (tertiary/aromatic N) is 5. The zero-order chi connectivity index (χ0) is 18.2. The number of carbonyl (C=O) groups excluding carboxylic acids is 1. The molecule has 1 saturated heterocycles. The van der Waals surface area contributed by atoms with Crippen molar-refractivity contribution in [3.05, 3.63) is 36.3 Å². The molecule has 1 aromatic heterocycles. The number of piperidine rings is 1. The van der Waals surface area contributed by atoms with Crippen LogP contribution in [-0.2, 0) is 4.79 Å². The van der Waals surface area contributed by atoms with Crippen molar-refractivity contribution < 1.29 is 4.79 Å². The number of benzene rings is 1. The van der Waals surface area contributed by atoms with Gasteiger partial charge in [-0.05, 0) is 55.4 Å². The molecule has 9 nitrogen and oxygen atoms in total. The molecule has 3 N–H and O–H groups in total. The number of nitrogens with one attached hydrogen (secondary N) is 3. The van der Waals surface area contributed by atoms with Crippen molar-refractivity contribution in [3.63, 3.8) is 0 Å². The van der Waals surface area contributed by atoms with Gasteiger partial charge >= 0.3 is 0 Å². The number of nitriles is 1. The maximum atomic E-state index is 12.1. The molecular formula is C17H20N8O. The zero-order valence-corrected chi connectivity index (χ0v) is 14.3. The van der Waals surface area contributed by atoms with Crippen LogP contribution in [0, 0.1) is 11.3 Å². The molecule has 1 aliphatic rings. The molecule has 9 heteroatoms. The van der Waals surface area contributed by atoms with Gasteiger partial charge in [0.05, 0.1) is 6.54 Å². The van der Waals surface area contributed by atoms with E-state index in [2.05, 4.69) is 36.2 Å². The van der Waals surface area contributed by atoms with Gasteiger partial charge in [-0.2, -0.15) is 10.5 Å².